The summed E-state index contributed by atoms with van der Waals surface area (Å²) >= 11 is 0. The van der Waals surface area contributed by atoms with E-state index in [4.69, 9.17) is 0 Å². The second-order valence-electron chi connectivity index (χ2n) is 4.15. The number of carbonyl (C=O) groups excluding carboxylic acids is 1. The first-order valence-electron chi connectivity index (χ1n) is 5.82. The van der Waals surface area contributed by atoms with E-state index >= 15 is 0 Å². The molecule has 1 aliphatic rings. The summed E-state index contributed by atoms with van der Waals surface area (Å²) in [6, 6.07) is 10.1. The molecule has 0 spiro atoms. The zero-order chi connectivity index (χ0) is 11.4. The van der Waals surface area contributed by atoms with Crippen LogP contribution in [0.1, 0.15) is 25.3 Å². The molecule has 1 aromatic rings. The third kappa shape index (κ3) is 2.51. The number of rotatable bonds is 3. The van der Waals surface area contributed by atoms with Crippen molar-refractivity contribution in [2.45, 2.75) is 26.3 Å². The van der Waals surface area contributed by atoms with Crippen molar-refractivity contribution in [2.24, 2.45) is 0 Å². The van der Waals surface area contributed by atoms with Crippen molar-refractivity contribution < 1.29 is 4.79 Å². The lowest BCUT2D eigenvalue weighted by Gasteiger charge is -2.26. The van der Waals surface area contributed by atoms with Gasteiger partial charge in [0.15, 0.2) is 0 Å². The predicted molar refractivity (Wildman–Crippen MR) is 64.9 cm³/mol. The van der Waals surface area contributed by atoms with E-state index in [1.54, 1.807) is 6.08 Å². The average Bonchev–Trinajstić information content (AvgIpc) is 2.33. The molecule has 2 heteroatoms. The molecule has 1 amide bonds. The van der Waals surface area contributed by atoms with Crippen LogP contribution in [0, 0.1) is 0 Å². The Balaban J connectivity index is 2.03. The van der Waals surface area contributed by atoms with E-state index in [2.05, 4.69) is 19.1 Å². The van der Waals surface area contributed by atoms with Gasteiger partial charge >= 0.3 is 0 Å². The minimum absolute atomic E-state index is 0.159. The van der Waals surface area contributed by atoms with Crippen molar-refractivity contribution in [1.82, 2.24) is 4.90 Å². The fourth-order valence-electron chi connectivity index (χ4n) is 1.97. The van der Waals surface area contributed by atoms with E-state index in [0.29, 0.717) is 0 Å². The molecule has 0 unspecified atom stereocenters. The Kier molecular flexibility index (Phi) is 3.40. The van der Waals surface area contributed by atoms with Crippen molar-refractivity contribution in [2.75, 3.05) is 6.54 Å². The van der Waals surface area contributed by atoms with Gasteiger partial charge in [-0.1, -0.05) is 42.8 Å². The third-order valence-electron chi connectivity index (χ3n) is 3.01. The fraction of sp³-hybridized carbons (Fsp3) is 0.357. The van der Waals surface area contributed by atoms with Gasteiger partial charge in [-0.2, -0.15) is 0 Å². The molecule has 2 rings (SSSR count). The Morgan fingerprint density at radius 2 is 2.00 bits per heavy atom. The molecule has 1 heterocycles. The normalized spacial score (nSPS) is 16.2. The second kappa shape index (κ2) is 4.97. The van der Waals surface area contributed by atoms with E-state index in [9.17, 15) is 4.79 Å². The highest BCUT2D eigenvalue weighted by molar-refractivity contribution is 5.89. The summed E-state index contributed by atoms with van der Waals surface area (Å²) in [6.45, 7) is 3.69. The van der Waals surface area contributed by atoms with Crippen molar-refractivity contribution in [3.63, 3.8) is 0 Å². The van der Waals surface area contributed by atoms with Gasteiger partial charge < -0.3 is 4.90 Å². The molecule has 0 aromatic heterocycles. The van der Waals surface area contributed by atoms with E-state index < -0.39 is 0 Å². The number of carbonyl (C=O) groups is 1. The highest BCUT2D eigenvalue weighted by Crippen LogP contribution is 2.16. The molecule has 0 saturated heterocycles. The van der Waals surface area contributed by atoms with Crippen molar-refractivity contribution in [3.05, 3.63) is 47.5 Å². The monoisotopic (exact) mass is 215 g/mol. The summed E-state index contributed by atoms with van der Waals surface area (Å²) in [7, 11) is 0. The van der Waals surface area contributed by atoms with Gasteiger partial charge in [-0.05, 0) is 18.4 Å². The van der Waals surface area contributed by atoms with Crippen molar-refractivity contribution in [1.29, 1.82) is 0 Å². The van der Waals surface area contributed by atoms with Crippen molar-refractivity contribution in [3.8, 4) is 0 Å². The number of benzene rings is 1. The molecule has 0 atom stereocenters. The Morgan fingerprint density at radius 3 is 2.62 bits per heavy atom. The summed E-state index contributed by atoms with van der Waals surface area (Å²) in [5.74, 6) is 0.159. The highest BCUT2D eigenvalue weighted by atomic mass is 16.2. The van der Waals surface area contributed by atoms with Crippen LogP contribution in [0.25, 0.3) is 0 Å². The molecule has 0 bridgehead atoms. The van der Waals surface area contributed by atoms with Gasteiger partial charge in [0, 0.05) is 19.2 Å². The molecular weight excluding hydrogens is 198 g/mol. The fourth-order valence-corrected chi connectivity index (χ4v) is 1.97. The van der Waals surface area contributed by atoms with Crippen LogP contribution in [0.3, 0.4) is 0 Å². The zero-order valence-corrected chi connectivity index (χ0v) is 9.65. The maximum atomic E-state index is 11.8. The maximum Gasteiger partial charge on any atom is 0.246 e. The number of hydrogen-bond acceptors (Lipinski definition) is 1. The molecule has 0 aliphatic carbocycles. The van der Waals surface area contributed by atoms with E-state index in [-0.39, 0.29) is 5.91 Å². The summed E-state index contributed by atoms with van der Waals surface area (Å²) in [5.41, 5.74) is 2.47. The van der Waals surface area contributed by atoms with Crippen molar-refractivity contribution >= 4 is 5.91 Å². The van der Waals surface area contributed by atoms with Gasteiger partial charge in [-0.15, -0.1) is 0 Å². The summed E-state index contributed by atoms with van der Waals surface area (Å²) in [4.78, 5) is 13.7. The lowest BCUT2D eigenvalue weighted by atomic mass is 10.0. The molecule has 1 aromatic carbocycles. The van der Waals surface area contributed by atoms with Crippen LogP contribution in [-0.4, -0.2) is 17.4 Å². The van der Waals surface area contributed by atoms with E-state index in [0.717, 1.165) is 25.9 Å². The third-order valence-corrected chi connectivity index (χ3v) is 3.01. The van der Waals surface area contributed by atoms with Gasteiger partial charge in [0.1, 0.15) is 0 Å². The Labute approximate surface area is 96.6 Å². The van der Waals surface area contributed by atoms with Crippen LogP contribution < -0.4 is 0 Å². The standard InChI is InChI=1S/C14H17NO/c1-2-12-8-9-15(14(16)10-12)11-13-6-4-3-5-7-13/h3-7,10H,2,8-9,11H2,1H3. The summed E-state index contributed by atoms with van der Waals surface area (Å²) < 4.78 is 0. The molecular formula is C14H17NO. The minimum atomic E-state index is 0.159. The van der Waals surface area contributed by atoms with Gasteiger partial charge in [0.05, 0.1) is 0 Å². The summed E-state index contributed by atoms with van der Waals surface area (Å²) in [5, 5.41) is 0. The number of amides is 1. The lowest BCUT2D eigenvalue weighted by molar-refractivity contribution is -0.127. The summed E-state index contributed by atoms with van der Waals surface area (Å²) in [6.07, 6.45) is 3.81. The molecule has 2 nitrogen and oxygen atoms in total. The molecule has 16 heavy (non-hydrogen) atoms. The SMILES string of the molecule is CCC1=CC(=O)N(Cc2ccccc2)CC1. The molecule has 0 N–H and O–H groups in total. The van der Waals surface area contributed by atoms with E-state index in [1.165, 1.54) is 11.1 Å². The minimum Gasteiger partial charge on any atom is -0.335 e. The Morgan fingerprint density at radius 1 is 1.25 bits per heavy atom. The van der Waals surface area contributed by atoms with Crippen LogP contribution in [-0.2, 0) is 11.3 Å². The zero-order valence-electron chi connectivity index (χ0n) is 9.65. The van der Waals surface area contributed by atoms with Gasteiger partial charge in [0.2, 0.25) is 5.91 Å². The molecule has 0 fully saturated rings. The van der Waals surface area contributed by atoms with Crippen LogP contribution in [0.4, 0.5) is 0 Å². The van der Waals surface area contributed by atoms with E-state index in [1.807, 2.05) is 23.1 Å². The first kappa shape index (κ1) is 10.9. The molecule has 0 radical (unpaired) electrons. The van der Waals surface area contributed by atoms with Gasteiger partial charge in [-0.3, -0.25) is 4.79 Å². The topological polar surface area (TPSA) is 20.3 Å². The largest absolute Gasteiger partial charge is 0.335 e. The van der Waals surface area contributed by atoms with Gasteiger partial charge in [-0.25, -0.2) is 0 Å². The lowest BCUT2D eigenvalue weighted by Crippen LogP contribution is -2.33. The Hall–Kier alpha value is -1.57. The van der Waals surface area contributed by atoms with Crippen LogP contribution in [0.15, 0.2) is 42.0 Å². The average molecular weight is 215 g/mol. The van der Waals surface area contributed by atoms with Crippen LogP contribution >= 0.6 is 0 Å². The first-order valence-corrected chi connectivity index (χ1v) is 5.82. The quantitative estimate of drug-likeness (QED) is 0.759. The number of nitrogens with zero attached hydrogens (tertiary/aromatic N) is 1. The Bertz CT molecular complexity index is 394. The molecule has 84 valence electrons. The number of hydrogen-bond donors (Lipinski definition) is 0. The smallest absolute Gasteiger partial charge is 0.246 e. The van der Waals surface area contributed by atoms with Crippen LogP contribution in [0.2, 0.25) is 0 Å². The predicted octanol–water partition coefficient (Wildman–Crippen LogP) is 2.76. The molecule has 0 saturated carbocycles. The maximum absolute atomic E-state index is 11.8. The van der Waals surface area contributed by atoms with Gasteiger partial charge in [0.25, 0.3) is 0 Å². The molecule has 1 aliphatic heterocycles. The van der Waals surface area contributed by atoms with Crippen LogP contribution in [0.5, 0.6) is 0 Å². The second-order valence-corrected chi connectivity index (χ2v) is 4.15. The first-order chi connectivity index (χ1) is 7.79. The highest BCUT2D eigenvalue weighted by Gasteiger charge is 2.17.